The average Bonchev–Trinajstić information content (AvgIpc) is 2.55. The first-order chi connectivity index (χ1) is 11.8. The molecule has 5 nitrogen and oxygen atoms in total. The normalized spacial score (nSPS) is 10.9. The van der Waals surface area contributed by atoms with Crippen molar-refractivity contribution in [3.05, 3.63) is 65.3 Å². The lowest BCUT2D eigenvalue weighted by Crippen LogP contribution is -1.99. The van der Waals surface area contributed by atoms with Gasteiger partial charge in [0.15, 0.2) is 17.3 Å². The van der Waals surface area contributed by atoms with E-state index in [0.29, 0.717) is 24.0 Å². The zero-order valence-electron chi connectivity index (χ0n) is 13.9. The van der Waals surface area contributed by atoms with E-state index in [1.165, 1.54) is 42.5 Å². The van der Waals surface area contributed by atoms with Crippen molar-refractivity contribution in [2.24, 2.45) is 0 Å². The van der Waals surface area contributed by atoms with Gasteiger partial charge in [-0.05, 0) is 55.7 Å². The van der Waals surface area contributed by atoms with Gasteiger partial charge in [0.25, 0.3) is 0 Å². The fourth-order valence-electron chi connectivity index (χ4n) is 2.32. The third kappa shape index (κ3) is 4.41. The topological polar surface area (TPSA) is 98.0 Å². The highest BCUT2D eigenvalue weighted by Gasteiger charge is 2.16. The molecular weight excluding hydrogens is 320 g/mol. The van der Waals surface area contributed by atoms with Crippen molar-refractivity contribution >= 4 is 11.9 Å². The molecule has 4 N–H and O–H groups in total. The van der Waals surface area contributed by atoms with Crippen LogP contribution < -0.4 is 0 Å². The fraction of sp³-hybridized carbons (Fsp3) is 0.150. The summed E-state index contributed by atoms with van der Waals surface area (Å²) >= 11 is 0. The Bertz CT molecular complexity index is 849. The Kier molecular flexibility index (Phi) is 5.49. The molecule has 0 unspecified atom stereocenters. The standard InChI is InChI=1S/C20H20O5/c1-12(2)3-6-14-17(22)10-7-15(20(14)25)16(21)8-4-13-5-9-18(23)19(24)11-13/h4-5,7-11,22-25H,1,3,6H2,2H3/b8-4+. The molecule has 0 radical (unpaired) electrons. The van der Waals surface area contributed by atoms with Crippen LogP contribution >= 0.6 is 0 Å². The molecule has 2 rings (SSSR count). The largest absolute Gasteiger partial charge is 0.508 e. The molecular formula is C20H20O5. The van der Waals surface area contributed by atoms with E-state index < -0.39 is 5.78 Å². The summed E-state index contributed by atoms with van der Waals surface area (Å²) in [5, 5.41) is 38.9. The molecule has 0 spiro atoms. The van der Waals surface area contributed by atoms with Gasteiger partial charge < -0.3 is 20.4 Å². The highest BCUT2D eigenvalue weighted by Crippen LogP contribution is 2.33. The lowest BCUT2D eigenvalue weighted by Gasteiger charge is -2.10. The number of phenols is 4. The van der Waals surface area contributed by atoms with E-state index >= 15 is 0 Å². The number of phenolic OH excluding ortho intramolecular Hbond substituents is 4. The van der Waals surface area contributed by atoms with Crippen molar-refractivity contribution in [1.29, 1.82) is 0 Å². The van der Waals surface area contributed by atoms with Crippen LogP contribution in [0.3, 0.4) is 0 Å². The van der Waals surface area contributed by atoms with Crippen LogP contribution in [0.25, 0.3) is 6.08 Å². The van der Waals surface area contributed by atoms with Crippen LogP contribution in [-0.2, 0) is 6.42 Å². The van der Waals surface area contributed by atoms with Gasteiger partial charge in [-0.1, -0.05) is 17.7 Å². The van der Waals surface area contributed by atoms with E-state index in [9.17, 15) is 25.2 Å². The highest BCUT2D eigenvalue weighted by atomic mass is 16.3. The van der Waals surface area contributed by atoms with Gasteiger partial charge in [0.05, 0.1) is 5.56 Å². The number of rotatable bonds is 6. The molecule has 0 saturated carbocycles. The maximum absolute atomic E-state index is 12.3. The second-order valence-corrected chi connectivity index (χ2v) is 5.86. The molecule has 0 aliphatic rings. The Morgan fingerprint density at radius 3 is 2.36 bits per heavy atom. The van der Waals surface area contributed by atoms with E-state index in [2.05, 4.69) is 6.58 Å². The molecule has 0 amide bonds. The maximum atomic E-state index is 12.3. The van der Waals surface area contributed by atoms with Gasteiger partial charge in [-0.3, -0.25) is 4.79 Å². The Morgan fingerprint density at radius 1 is 1.04 bits per heavy atom. The Balaban J connectivity index is 2.26. The lowest BCUT2D eigenvalue weighted by molar-refractivity contribution is 0.104. The minimum atomic E-state index is -0.443. The van der Waals surface area contributed by atoms with Crippen molar-refractivity contribution in [2.45, 2.75) is 19.8 Å². The van der Waals surface area contributed by atoms with Crippen LogP contribution in [0.4, 0.5) is 0 Å². The van der Waals surface area contributed by atoms with Gasteiger partial charge in [-0.2, -0.15) is 0 Å². The number of carbonyl (C=O) groups excluding carboxylic acids is 1. The second kappa shape index (κ2) is 7.57. The van der Waals surface area contributed by atoms with E-state index in [0.717, 1.165) is 5.57 Å². The summed E-state index contributed by atoms with van der Waals surface area (Å²) in [6.07, 6.45) is 3.67. The maximum Gasteiger partial charge on any atom is 0.189 e. The predicted molar refractivity (Wildman–Crippen MR) is 96.0 cm³/mol. The van der Waals surface area contributed by atoms with Crippen LogP contribution in [0.5, 0.6) is 23.0 Å². The molecule has 0 aliphatic heterocycles. The zero-order chi connectivity index (χ0) is 18.6. The van der Waals surface area contributed by atoms with Crippen LogP contribution in [0.1, 0.15) is 34.8 Å². The molecule has 0 saturated heterocycles. The number of carbonyl (C=O) groups is 1. The number of aromatic hydroxyl groups is 4. The first-order valence-electron chi connectivity index (χ1n) is 7.72. The molecule has 5 heteroatoms. The number of hydrogen-bond donors (Lipinski definition) is 4. The molecule has 2 aromatic rings. The summed E-state index contributed by atoms with van der Waals surface area (Å²) in [7, 11) is 0. The van der Waals surface area contributed by atoms with Crippen molar-refractivity contribution < 1.29 is 25.2 Å². The summed E-state index contributed by atoms with van der Waals surface area (Å²) in [5.41, 5.74) is 1.81. The predicted octanol–water partition coefficient (Wildman–Crippen LogP) is 3.91. The van der Waals surface area contributed by atoms with Gasteiger partial charge in [-0.25, -0.2) is 0 Å². The molecule has 0 fully saturated rings. The van der Waals surface area contributed by atoms with Gasteiger partial charge in [0.2, 0.25) is 0 Å². The minimum absolute atomic E-state index is 0.0669. The van der Waals surface area contributed by atoms with Gasteiger partial charge in [0, 0.05) is 5.56 Å². The highest BCUT2D eigenvalue weighted by molar-refractivity contribution is 6.09. The SMILES string of the molecule is C=C(C)CCc1c(O)ccc(C(=O)/C=C/c2ccc(O)c(O)c2)c1O. The van der Waals surface area contributed by atoms with E-state index in [1.807, 2.05) is 6.92 Å². The Labute approximate surface area is 145 Å². The molecule has 0 aliphatic carbocycles. The monoisotopic (exact) mass is 340 g/mol. The zero-order valence-corrected chi connectivity index (χ0v) is 13.9. The molecule has 0 atom stereocenters. The molecule has 0 bridgehead atoms. The third-order valence-electron chi connectivity index (χ3n) is 3.75. The molecule has 2 aromatic carbocycles. The van der Waals surface area contributed by atoms with E-state index in [4.69, 9.17) is 0 Å². The summed E-state index contributed by atoms with van der Waals surface area (Å²) in [6, 6.07) is 6.89. The van der Waals surface area contributed by atoms with Crippen molar-refractivity contribution in [3.63, 3.8) is 0 Å². The van der Waals surface area contributed by atoms with Crippen LogP contribution in [0.15, 0.2) is 48.6 Å². The van der Waals surface area contributed by atoms with Gasteiger partial charge >= 0.3 is 0 Å². The number of ketones is 1. The van der Waals surface area contributed by atoms with Crippen molar-refractivity contribution in [3.8, 4) is 23.0 Å². The van der Waals surface area contributed by atoms with Gasteiger partial charge in [-0.15, -0.1) is 6.58 Å². The van der Waals surface area contributed by atoms with E-state index in [-0.39, 0.29) is 28.6 Å². The summed E-state index contributed by atoms with van der Waals surface area (Å²) < 4.78 is 0. The summed E-state index contributed by atoms with van der Waals surface area (Å²) in [6.45, 7) is 5.63. The second-order valence-electron chi connectivity index (χ2n) is 5.86. The van der Waals surface area contributed by atoms with Crippen LogP contribution in [0, 0.1) is 0 Å². The molecule has 25 heavy (non-hydrogen) atoms. The fourth-order valence-corrected chi connectivity index (χ4v) is 2.32. The number of hydrogen-bond acceptors (Lipinski definition) is 5. The minimum Gasteiger partial charge on any atom is -0.508 e. The molecule has 0 aromatic heterocycles. The first-order valence-corrected chi connectivity index (χ1v) is 7.72. The summed E-state index contributed by atoms with van der Waals surface area (Å²) in [4.78, 5) is 12.3. The molecule has 0 heterocycles. The Hall–Kier alpha value is -3.21. The number of allylic oxidation sites excluding steroid dienone is 2. The third-order valence-corrected chi connectivity index (χ3v) is 3.75. The lowest BCUT2D eigenvalue weighted by atomic mass is 9.99. The Morgan fingerprint density at radius 2 is 1.72 bits per heavy atom. The molecule has 130 valence electrons. The van der Waals surface area contributed by atoms with Crippen LogP contribution in [-0.4, -0.2) is 26.2 Å². The van der Waals surface area contributed by atoms with Crippen molar-refractivity contribution in [2.75, 3.05) is 0 Å². The van der Waals surface area contributed by atoms with Crippen molar-refractivity contribution in [1.82, 2.24) is 0 Å². The van der Waals surface area contributed by atoms with Crippen LogP contribution in [0.2, 0.25) is 0 Å². The number of benzene rings is 2. The first kappa shape index (κ1) is 18.1. The smallest absolute Gasteiger partial charge is 0.189 e. The summed E-state index contributed by atoms with van der Waals surface area (Å²) in [5.74, 6) is -1.29. The van der Waals surface area contributed by atoms with Gasteiger partial charge in [0.1, 0.15) is 11.5 Å². The average molecular weight is 340 g/mol. The quantitative estimate of drug-likeness (QED) is 0.277. The van der Waals surface area contributed by atoms with E-state index in [1.54, 1.807) is 0 Å².